The fraction of sp³-hybridized carbons (Fsp3) is 0.300. The van der Waals surface area contributed by atoms with Crippen molar-refractivity contribution in [3.05, 3.63) is 32.8 Å². The first-order chi connectivity index (χ1) is 8.08. The van der Waals surface area contributed by atoms with Crippen LogP contribution in [0.4, 0.5) is 11.4 Å². The van der Waals surface area contributed by atoms with Gasteiger partial charge in [0.05, 0.1) is 22.2 Å². The quantitative estimate of drug-likeness (QED) is 0.624. The molecule has 7 heteroatoms. The van der Waals surface area contributed by atoms with Gasteiger partial charge in [0.1, 0.15) is 0 Å². The highest BCUT2D eigenvalue weighted by atomic mass is 35.5. The molecule has 0 saturated carbocycles. The first-order valence-corrected chi connectivity index (χ1v) is 5.45. The zero-order chi connectivity index (χ0) is 12.4. The molecule has 2 N–H and O–H groups in total. The van der Waals surface area contributed by atoms with E-state index in [1.54, 1.807) is 13.0 Å². The van der Waals surface area contributed by atoms with E-state index in [0.29, 0.717) is 28.8 Å². The van der Waals surface area contributed by atoms with Gasteiger partial charge in [-0.25, -0.2) is 0 Å². The van der Waals surface area contributed by atoms with Gasteiger partial charge in [-0.2, -0.15) is 0 Å². The second-order valence-corrected chi connectivity index (χ2v) is 4.06. The van der Waals surface area contributed by atoms with Crippen LogP contribution >= 0.6 is 11.6 Å². The van der Waals surface area contributed by atoms with E-state index in [-0.39, 0.29) is 5.69 Å². The number of nitro benzene ring substituents is 1. The van der Waals surface area contributed by atoms with Gasteiger partial charge in [-0.3, -0.25) is 15.1 Å². The number of guanidine groups is 1. The van der Waals surface area contributed by atoms with Crippen LogP contribution in [0.3, 0.4) is 0 Å². The molecule has 0 bridgehead atoms. The van der Waals surface area contributed by atoms with E-state index in [2.05, 4.69) is 15.6 Å². The lowest BCUT2D eigenvalue weighted by Gasteiger charge is -2.09. The summed E-state index contributed by atoms with van der Waals surface area (Å²) in [4.78, 5) is 14.5. The number of benzene rings is 1. The molecule has 0 fully saturated rings. The van der Waals surface area contributed by atoms with Crippen LogP contribution < -0.4 is 10.6 Å². The molecule has 90 valence electrons. The van der Waals surface area contributed by atoms with Crippen molar-refractivity contribution in [3.63, 3.8) is 0 Å². The van der Waals surface area contributed by atoms with Crippen LogP contribution in [-0.2, 0) is 0 Å². The van der Waals surface area contributed by atoms with Crippen LogP contribution in [0.2, 0.25) is 5.02 Å². The van der Waals surface area contributed by atoms with Gasteiger partial charge in [0.15, 0.2) is 5.96 Å². The third-order valence-corrected chi connectivity index (χ3v) is 2.72. The molecule has 6 nitrogen and oxygen atoms in total. The van der Waals surface area contributed by atoms with Gasteiger partial charge in [-0.1, -0.05) is 11.6 Å². The maximum Gasteiger partial charge on any atom is 0.274 e. The molecule has 1 heterocycles. The highest BCUT2D eigenvalue weighted by Gasteiger charge is 2.16. The Morgan fingerprint density at radius 3 is 2.94 bits per heavy atom. The van der Waals surface area contributed by atoms with E-state index in [9.17, 15) is 10.1 Å². The maximum absolute atomic E-state index is 10.8. The molecular formula is C10H11ClN4O2. The van der Waals surface area contributed by atoms with Gasteiger partial charge in [-0.15, -0.1) is 0 Å². The second kappa shape index (κ2) is 4.58. The highest BCUT2D eigenvalue weighted by molar-refractivity contribution is 6.34. The van der Waals surface area contributed by atoms with Crippen LogP contribution in [0.1, 0.15) is 5.56 Å². The summed E-state index contributed by atoms with van der Waals surface area (Å²) in [6.07, 6.45) is 0. The van der Waals surface area contributed by atoms with Gasteiger partial charge in [0.25, 0.3) is 5.69 Å². The summed E-state index contributed by atoms with van der Waals surface area (Å²) in [7, 11) is 0. The molecule has 17 heavy (non-hydrogen) atoms. The molecule has 0 amide bonds. The molecule has 0 aromatic heterocycles. The zero-order valence-corrected chi connectivity index (χ0v) is 9.91. The summed E-state index contributed by atoms with van der Waals surface area (Å²) in [6.45, 7) is 3.10. The van der Waals surface area contributed by atoms with Crippen LogP contribution in [0, 0.1) is 17.0 Å². The van der Waals surface area contributed by atoms with E-state index < -0.39 is 4.92 Å². The van der Waals surface area contributed by atoms with E-state index in [4.69, 9.17) is 11.6 Å². The first-order valence-electron chi connectivity index (χ1n) is 5.08. The zero-order valence-electron chi connectivity index (χ0n) is 9.16. The lowest BCUT2D eigenvalue weighted by atomic mass is 10.2. The van der Waals surface area contributed by atoms with Crippen LogP contribution in [0.25, 0.3) is 0 Å². The molecule has 0 saturated heterocycles. The van der Waals surface area contributed by atoms with Crippen LogP contribution in [0.5, 0.6) is 0 Å². The molecule has 0 radical (unpaired) electrons. The fourth-order valence-electron chi connectivity index (χ4n) is 1.56. The van der Waals surface area contributed by atoms with Gasteiger partial charge in [0.2, 0.25) is 0 Å². The standard InChI is InChI=1S/C10H11ClN4O2/c1-6-4-7(11)8(5-9(6)15(16)17)14-10-12-2-3-13-10/h4-5H,2-3H2,1H3,(H2,12,13,14). The number of halogens is 1. The monoisotopic (exact) mass is 254 g/mol. The third-order valence-electron chi connectivity index (χ3n) is 2.41. The Labute approximate surface area is 103 Å². The van der Waals surface area contributed by atoms with Crippen molar-refractivity contribution >= 4 is 28.9 Å². The predicted octanol–water partition coefficient (Wildman–Crippen LogP) is 1.93. The molecule has 1 aromatic rings. The topological polar surface area (TPSA) is 79.6 Å². The molecule has 1 aromatic carbocycles. The summed E-state index contributed by atoms with van der Waals surface area (Å²) in [6, 6.07) is 2.98. The maximum atomic E-state index is 10.8. The Kier molecular flexibility index (Phi) is 3.14. The van der Waals surface area contributed by atoms with Crippen molar-refractivity contribution < 1.29 is 4.92 Å². The van der Waals surface area contributed by atoms with E-state index in [1.807, 2.05) is 0 Å². The van der Waals surface area contributed by atoms with Crippen LogP contribution in [0.15, 0.2) is 17.1 Å². The Balaban J connectivity index is 2.32. The van der Waals surface area contributed by atoms with Crippen molar-refractivity contribution in [2.75, 3.05) is 18.4 Å². The molecule has 1 aliphatic rings. The van der Waals surface area contributed by atoms with Gasteiger partial charge in [-0.05, 0) is 13.0 Å². The summed E-state index contributed by atoms with van der Waals surface area (Å²) in [5.74, 6) is 0.588. The smallest absolute Gasteiger partial charge is 0.274 e. The summed E-state index contributed by atoms with van der Waals surface area (Å²) in [5, 5.41) is 17.2. The van der Waals surface area contributed by atoms with Gasteiger partial charge in [0, 0.05) is 18.2 Å². The van der Waals surface area contributed by atoms with Crippen molar-refractivity contribution in [2.24, 2.45) is 4.99 Å². The average Bonchev–Trinajstić information content (AvgIpc) is 2.74. The third kappa shape index (κ3) is 2.47. The van der Waals surface area contributed by atoms with Crippen molar-refractivity contribution in [1.82, 2.24) is 5.32 Å². The summed E-state index contributed by atoms with van der Waals surface area (Å²) >= 11 is 6.02. The molecule has 0 atom stereocenters. The number of hydrogen-bond acceptors (Lipinski definition) is 5. The minimum absolute atomic E-state index is 0.0375. The van der Waals surface area contributed by atoms with Gasteiger partial charge >= 0.3 is 0 Å². The Bertz CT molecular complexity index is 501. The minimum Gasteiger partial charge on any atom is -0.354 e. The Morgan fingerprint density at radius 2 is 2.35 bits per heavy atom. The predicted molar refractivity (Wildman–Crippen MR) is 66.8 cm³/mol. The fourth-order valence-corrected chi connectivity index (χ4v) is 1.83. The van der Waals surface area contributed by atoms with E-state index >= 15 is 0 Å². The minimum atomic E-state index is -0.430. The number of nitrogens with one attached hydrogen (secondary N) is 2. The number of aryl methyl sites for hydroxylation is 1. The molecule has 0 aliphatic carbocycles. The summed E-state index contributed by atoms with van der Waals surface area (Å²) in [5.41, 5.74) is 1.06. The molecular weight excluding hydrogens is 244 g/mol. The first kappa shape index (κ1) is 11.7. The number of anilines is 1. The SMILES string of the molecule is Cc1cc(Cl)c(NC2=NCCN2)cc1[N+](=O)[O-]. The normalized spacial score (nSPS) is 14.1. The number of hydrogen-bond donors (Lipinski definition) is 2. The average molecular weight is 255 g/mol. The molecule has 2 rings (SSSR count). The number of rotatable bonds is 2. The molecule has 0 spiro atoms. The number of nitro groups is 1. The van der Waals surface area contributed by atoms with Crippen molar-refractivity contribution in [3.8, 4) is 0 Å². The lowest BCUT2D eigenvalue weighted by molar-refractivity contribution is -0.385. The largest absolute Gasteiger partial charge is 0.354 e. The second-order valence-electron chi connectivity index (χ2n) is 3.66. The van der Waals surface area contributed by atoms with Crippen LogP contribution in [-0.4, -0.2) is 24.0 Å². The van der Waals surface area contributed by atoms with E-state index in [0.717, 1.165) is 6.54 Å². The highest BCUT2D eigenvalue weighted by Crippen LogP contribution is 2.30. The van der Waals surface area contributed by atoms with E-state index in [1.165, 1.54) is 6.07 Å². The summed E-state index contributed by atoms with van der Waals surface area (Å²) < 4.78 is 0. The molecule has 1 aliphatic heterocycles. The molecule has 0 unspecified atom stereocenters. The lowest BCUT2D eigenvalue weighted by Crippen LogP contribution is -2.26. The Hall–Kier alpha value is -1.82. The number of nitrogens with zero attached hydrogens (tertiary/aromatic N) is 2. The van der Waals surface area contributed by atoms with Gasteiger partial charge < -0.3 is 10.6 Å². The van der Waals surface area contributed by atoms with Crippen molar-refractivity contribution in [1.29, 1.82) is 0 Å². The number of aliphatic imine (C=N–C) groups is 1. The van der Waals surface area contributed by atoms with Crippen molar-refractivity contribution in [2.45, 2.75) is 6.92 Å². The Morgan fingerprint density at radius 1 is 1.59 bits per heavy atom.